The molecule has 1 heterocycles. The Labute approximate surface area is 112 Å². The van der Waals surface area contributed by atoms with Crippen LogP contribution in [0.25, 0.3) is 0 Å². The summed E-state index contributed by atoms with van der Waals surface area (Å²) in [6.07, 6.45) is 6.11. The molecule has 2 N–H and O–H groups in total. The van der Waals surface area contributed by atoms with Gasteiger partial charge in [-0.25, -0.2) is 4.39 Å². The Morgan fingerprint density at radius 3 is 2.84 bits per heavy atom. The van der Waals surface area contributed by atoms with Gasteiger partial charge in [-0.3, -0.25) is 4.79 Å². The average Bonchev–Trinajstić information content (AvgIpc) is 2.90. The number of hydrogen-bond acceptors (Lipinski definition) is 2. The maximum Gasteiger partial charge on any atom is 0.224 e. The number of hydrogen-bond donors (Lipinski definition) is 2. The number of carbonyl (C=O) groups is 1. The molecule has 3 nitrogen and oxygen atoms in total. The molecule has 102 valence electrons. The molecule has 0 bridgehead atoms. The van der Waals surface area contributed by atoms with E-state index < -0.39 is 0 Å². The molecule has 3 rings (SSSR count). The molecule has 19 heavy (non-hydrogen) atoms. The van der Waals surface area contributed by atoms with Crippen LogP contribution < -0.4 is 10.6 Å². The molecule has 1 aliphatic carbocycles. The molecular weight excluding hydrogens is 243 g/mol. The lowest BCUT2D eigenvalue weighted by molar-refractivity contribution is -0.116. The number of rotatable bonds is 3. The first-order valence-electron chi connectivity index (χ1n) is 7.08. The predicted molar refractivity (Wildman–Crippen MR) is 73.8 cm³/mol. The standard InChI is InChI=1S/C15H19FN2O/c16-12-7-11-5-6-15(19)18-13(11)8-14(12)17-9-10-3-1-2-4-10/h7-8,10,17H,1-6,9H2,(H,18,19). The van der Waals surface area contributed by atoms with Gasteiger partial charge in [0.05, 0.1) is 5.69 Å². The molecule has 0 atom stereocenters. The highest BCUT2D eigenvalue weighted by Gasteiger charge is 2.19. The number of carbonyl (C=O) groups excluding carboxylic acids is 1. The van der Waals surface area contributed by atoms with Gasteiger partial charge in [-0.1, -0.05) is 12.8 Å². The fraction of sp³-hybridized carbons (Fsp3) is 0.533. The minimum atomic E-state index is -0.215. The number of fused-ring (bicyclic) bond motifs is 1. The number of aryl methyl sites for hydroxylation is 1. The maximum atomic E-state index is 14.0. The first-order valence-corrected chi connectivity index (χ1v) is 7.08. The minimum Gasteiger partial charge on any atom is -0.382 e. The molecule has 0 unspecified atom stereocenters. The van der Waals surface area contributed by atoms with E-state index in [-0.39, 0.29) is 11.7 Å². The van der Waals surface area contributed by atoms with E-state index in [4.69, 9.17) is 0 Å². The monoisotopic (exact) mass is 262 g/mol. The molecule has 4 heteroatoms. The van der Waals surface area contributed by atoms with Crippen LogP contribution in [0, 0.1) is 11.7 Å². The van der Waals surface area contributed by atoms with Crippen molar-refractivity contribution < 1.29 is 9.18 Å². The van der Waals surface area contributed by atoms with Crippen LogP contribution in [0.2, 0.25) is 0 Å². The Balaban J connectivity index is 1.73. The van der Waals surface area contributed by atoms with Crippen LogP contribution in [-0.4, -0.2) is 12.5 Å². The van der Waals surface area contributed by atoms with Crippen LogP contribution in [-0.2, 0) is 11.2 Å². The summed E-state index contributed by atoms with van der Waals surface area (Å²) in [7, 11) is 0. The summed E-state index contributed by atoms with van der Waals surface area (Å²) in [4.78, 5) is 11.4. The van der Waals surface area contributed by atoms with E-state index in [0.717, 1.165) is 17.8 Å². The van der Waals surface area contributed by atoms with Crippen molar-refractivity contribution in [1.29, 1.82) is 0 Å². The van der Waals surface area contributed by atoms with Crippen molar-refractivity contribution in [1.82, 2.24) is 0 Å². The molecule has 0 aromatic heterocycles. The normalized spacial score (nSPS) is 19.1. The van der Waals surface area contributed by atoms with E-state index in [1.807, 2.05) is 0 Å². The van der Waals surface area contributed by atoms with Crippen molar-refractivity contribution in [2.24, 2.45) is 5.92 Å². The fourth-order valence-corrected chi connectivity index (χ4v) is 3.00. The summed E-state index contributed by atoms with van der Waals surface area (Å²) in [5, 5.41) is 6.00. The highest BCUT2D eigenvalue weighted by Crippen LogP contribution is 2.30. The maximum absolute atomic E-state index is 14.0. The van der Waals surface area contributed by atoms with Crippen LogP contribution in [0.3, 0.4) is 0 Å². The zero-order valence-electron chi connectivity index (χ0n) is 11.0. The smallest absolute Gasteiger partial charge is 0.224 e. The highest BCUT2D eigenvalue weighted by molar-refractivity contribution is 5.94. The molecule has 1 amide bonds. The first-order chi connectivity index (χ1) is 9.22. The predicted octanol–water partition coefficient (Wildman–Crippen LogP) is 3.31. The van der Waals surface area contributed by atoms with Gasteiger partial charge < -0.3 is 10.6 Å². The second kappa shape index (κ2) is 5.19. The van der Waals surface area contributed by atoms with Crippen LogP contribution in [0.5, 0.6) is 0 Å². The number of nitrogens with one attached hydrogen (secondary N) is 2. The van der Waals surface area contributed by atoms with Gasteiger partial charge in [-0.05, 0) is 42.9 Å². The molecule has 0 spiro atoms. The van der Waals surface area contributed by atoms with E-state index in [1.54, 1.807) is 12.1 Å². The van der Waals surface area contributed by atoms with Crippen molar-refractivity contribution in [3.63, 3.8) is 0 Å². The minimum absolute atomic E-state index is 0.0147. The Morgan fingerprint density at radius 1 is 1.26 bits per heavy atom. The molecule has 0 saturated heterocycles. The molecular formula is C15H19FN2O. The van der Waals surface area contributed by atoms with Gasteiger partial charge in [0.15, 0.2) is 0 Å². The lowest BCUT2D eigenvalue weighted by Crippen LogP contribution is -2.20. The third-order valence-electron chi connectivity index (χ3n) is 4.14. The summed E-state index contributed by atoms with van der Waals surface area (Å²) in [6.45, 7) is 0.823. The zero-order valence-corrected chi connectivity index (χ0v) is 11.0. The quantitative estimate of drug-likeness (QED) is 0.877. The number of halogens is 1. The third-order valence-corrected chi connectivity index (χ3v) is 4.14. The van der Waals surface area contributed by atoms with Crippen molar-refractivity contribution >= 4 is 17.3 Å². The average molecular weight is 262 g/mol. The van der Waals surface area contributed by atoms with E-state index in [2.05, 4.69) is 10.6 Å². The Bertz CT molecular complexity index is 495. The summed E-state index contributed by atoms with van der Waals surface area (Å²) in [5.74, 6) is 0.457. The van der Waals surface area contributed by atoms with Crippen LogP contribution >= 0.6 is 0 Å². The van der Waals surface area contributed by atoms with Gasteiger partial charge in [0, 0.05) is 18.7 Å². The van der Waals surface area contributed by atoms with Crippen molar-refractivity contribution in [2.75, 3.05) is 17.2 Å². The van der Waals surface area contributed by atoms with Gasteiger partial charge in [0.1, 0.15) is 5.82 Å². The number of benzene rings is 1. The SMILES string of the molecule is O=C1CCc2cc(F)c(NCC3CCCC3)cc2N1. The zero-order chi connectivity index (χ0) is 13.2. The van der Waals surface area contributed by atoms with Crippen LogP contribution in [0.1, 0.15) is 37.7 Å². The van der Waals surface area contributed by atoms with Gasteiger partial charge >= 0.3 is 0 Å². The second-order valence-electron chi connectivity index (χ2n) is 5.57. The molecule has 1 aromatic carbocycles. The summed E-state index contributed by atoms with van der Waals surface area (Å²) in [5.41, 5.74) is 2.16. The topological polar surface area (TPSA) is 41.1 Å². The molecule has 1 aromatic rings. The summed E-state index contributed by atoms with van der Waals surface area (Å²) in [6, 6.07) is 3.28. The van der Waals surface area contributed by atoms with E-state index >= 15 is 0 Å². The van der Waals surface area contributed by atoms with Gasteiger partial charge in [0.25, 0.3) is 0 Å². The van der Waals surface area contributed by atoms with Crippen molar-refractivity contribution in [3.05, 3.63) is 23.5 Å². The Morgan fingerprint density at radius 2 is 2.05 bits per heavy atom. The van der Waals surface area contributed by atoms with Gasteiger partial charge in [0.2, 0.25) is 5.91 Å². The van der Waals surface area contributed by atoms with E-state index in [1.165, 1.54) is 25.7 Å². The Kier molecular flexibility index (Phi) is 3.40. The largest absolute Gasteiger partial charge is 0.382 e. The van der Waals surface area contributed by atoms with Crippen LogP contribution in [0.4, 0.5) is 15.8 Å². The molecule has 2 aliphatic rings. The van der Waals surface area contributed by atoms with Crippen molar-refractivity contribution in [3.8, 4) is 0 Å². The molecule has 1 saturated carbocycles. The molecule has 0 radical (unpaired) electrons. The number of anilines is 2. The lowest BCUT2D eigenvalue weighted by atomic mass is 10.0. The first kappa shape index (κ1) is 12.5. The van der Waals surface area contributed by atoms with Crippen LogP contribution in [0.15, 0.2) is 12.1 Å². The Hall–Kier alpha value is -1.58. The second-order valence-corrected chi connectivity index (χ2v) is 5.57. The van der Waals surface area contributed by atoms with Gasteiger partial charge in [-0.15, -0.1) is 0 Å². The molecule has 1 fully saturated rings. The van der Waals surface area contributed by atoms with Crippen molar-refractivity contribution in [2.45, 2.75) is 38.5 Å². The summed E-state index contributed by atoms with van der Waals surface area (Å²) >= 11 is 0. The number of amides is 1. The summed E-state index contributed by atoms with van der Waals surface area (Å²) < 4.78 is 14.0. The van der Waals surface area contributed by atoms with Gasteiger partial charge in [-0.2, -0.15) is 0 Å². The molecule has 1 aliphatic heterocycles. The lowest BCUT2D eigenvalue weighted by Gasteiger charge is -2.19. The highest BCUT2D eigenvalue weighted by atomic mass is 19.1. The fourth-order valence-electron chi connectivity index (χ4n) is 3.00. The third kappa shape index (κ3) is 2.72. The van der Waals surface area contributed by atoms with E-state index in [0.29, 0.717) is 24.4 Å². The van der Waals surface area contributed by atoms with E-state index in [9.17, 15) is 9.18 Å².